The third-order valence-electron chi connectivity index (χ3n) is 4.19. The first-order valence-corrected chi connectivity index (χ1v) is 9.44. The molecule has 1 aliphatic heterocycles. The van der Waals surface area contributed by atoms with Gasteiger partial charge in [0.25, 0.3) is 0 Å². The summed E-state index contributed by atoms with van der Waals surface area (Å²) in [5, 5.41) is 3.29. The Labute approximate surface area is 157 Å². The number of likely N-dealkylation sites (tertiary alicyclic amines) is 1. The number of nitrogens with zero attached hydrogens (tertiary/aromatic N) is 2. The van der Waals surface area contributed by atoms with Crippen LogP contribution in [0.25, 0.3) is 0 Å². The lowest BCUT2D eigenvalue weighted by Gasteiger charge is -2.29. The highest BCUT2D eigenvalue weighted by Gasteiger charge is 2.35. The summed E-state index contributed by atoms with van der Waals surface area (Å²) < 4.78 is 19.8. The second-order valence-corrected chi connectivity index (χ2v) is 8.31. The lowest BCUT2D eigenvalue weighted by atomic mass is 10.0. The summed E-state index contributed by atoms with van der Waals surface area (Å²) in [5.41, 5.74) is 0.467. The van der Waals surface area contributed by atoms with Crippen LogP contribution in [0.4, 0.5) is 9.18 Å². The fourth-order valence-corrected chi connectivity index (χ4v) is 3.31. The molecular formula is C18H27BrFN3O2. The van der Waals surface area contributed by atoms with Crippen LogP contribution in [0.3, 0.4) is 0 Å². The Bertz CT molecular complexity index is 608. The largest absolute Gasteiger partial charge is 0.444 e. The minimum Gasteiger partial charge on any atom is -0.444 e. The summed E-state index contributed by atoms with van der Waals surface area (Å²) >= 11 is 3.23. The van der Waals surface area contributed by atoms with Crippen molar-refractivity contribution in [3.8, 4) is 0 Å². The van der Waals surface area contributed by atoms with Crippen molar-refractivity contribution in [1.29, 1.82) is 0 Å². The third kappa shape index (κ3) is 5.56. The molecule has 140 valence electrons. The van der Waals surface area contributed by atoms with Gasteiger partial charge in [0.1, 0.15) is 17.3 Å². The molecule has 0 radical (unpaired) electrons. The number of nitrogens with one attached hydrogen (secondary N) is 1. The van der Waals surface area contributed by atoms with Gasteiger partial charge in [0.15, 0.2) is 0 Å². The van der Waals surface area contributed by atoms with Gasteiger partial charge in [0.2, 0.25) is 0 Å². The van der Waals surface area contributed by atoms with E-state index < -0.39 is 5.60 Å². The van der Waals surface area contributed by atoms with Crippen LogP contribution in [-0.2, 0) is 4.74 Å². The Balaban J connectivity index is 2.00. The molecule has 1 unspecified atom stereocenters. The first-order valence-electron chi connectivity index (χ1n) is 8.65. The predicted octanol–water partition coefficient (Wildman–Crippen LogP) is 4.30. The van der Waals surface area contributed by atoms with E-state index in [4.69, 9.17) is 4.74 Å². The van der Waals surface area contributed by atoms with E-state index in [-0.39, 0.29) is 18.0 Å². The molecule has 0 aromatic carbocycles. The summed E-state index contributed by atoms with van der Waals surface area (Å²) in [6, 6.07) is -0.115. The van der Waals surface area contributed by atoms with Gasteiger partial charge in [-0.2, -0.15) is 0 Å². The molecule has 25 heavy (non-hydrogen) atoms. The van der Waals surface area contributed by atoms with E-state index in [0.29, 0.717) is 24.0 Å². The van der Waals surface area contributed by atoms with Gasteiger partial charge in [-0.25, -0.2) is 9.18 Å². The van der Waals surface area contributed by atoms with E-state index in [2.05, 4.69) is 26.2 Å². The van der Waals surface area contributed by atoms with Crippen molar-refractivity contribution in [2.45, 2.75) is 58.1 Å². The number of hydrogen-bond donors (Lipinski definition) is 1. The van der Waals surface area contributed by atoms with E-state index >= 15 is 0 Å². The van der Waals surface area contributed by atoms with Gasteiger partial charge in [-0.05, 0) is 58.1 Å². The maximum atomic E-state index is 13.7. The number of ether oxygens (including phenoxy) is 1. The first kappa shape index (κ1) is 19.9. The van der Waals surface area contributed by atoms with Crippen molar-refractivity contribution in [3.63, 3.8) is 0 Å². The molecule has 0 aromatic heterocycles. The molecule has 7 heteroatoms. The number of carbonyl (C=O) groups excluding carboxylic acids is 1. The molecule has 1 saturated heterocycles. The number of carbonyl (C=O) groups is 1. The molecule has 0 bridgehead atoms. The van der Waals surface area contributed by atoms with E-state index in [0.717, 1.165) is 30.7 Å². The number of rotatable bonds is 3. The van der Waals surface area contributed by atoms with Gasteiger partial charge >= 0.3 is 6.09 Å². The molecule has 1 aliphatic carbocycles. The smallest absolute Gasteiger partial charge is 0.410 e. The lowest BCUT2D eigenvalue weighted by Crippen LogP contribution is -2.48. The van der Waals surface area contributed by atoms with E-state index in [1.165, 1.54) is 0 Å². The van der Waals surface area contributed by atoms with Crippen molar-refractivity contribution < 1.29 is 13.9 Å². The van der Waals surface area contributed by atoms with E-state index in [9.17, 15) is 9.18 Å². The van der Waals surface area contributed by atoms with Gasteiger partial charge in [0, 0.05) is 24.6 Å². The summed E-state index contributed by atoms with van der Waals surface area (Å²) in [6.07, 6.45) is 4.49. The second-order valence-electron chi connectivity index (χ2n) is 7.35. The minimum absolute atomic E-state index is 0.115. The van der Waals surface area contributed by atoms with Gasteiger partial charge in [0.05, 0.1) is 6.04 Å². The van der Waals surface area contributed by atoms with Gasteiger partial charge < -0.3 is 10.1 Å². The molecule has 1 atom stereocenters. The molecule has 0 spiro atoms. The zero-order chi connectivity index (χ0) is 18.6. The maximum Gasteiger partial charge on any atom is 0.410 e. The van der Waals surface area contributed by atoms with Crippen molar-refractivity contribution in [1.82, 2.24) is 10.2 Å². The molecule has 5 nitrogen and oxygen atoms in total. The van der Waals surface area contributed by atoms with Crippen molar-refractivity contribution >= 4 is 27.9 Å². The maximum absolute atomic E-state index is 13.7. The van der Waals surface area contributed by atoms with E-state index in [1.54, 1.807) is 18.0 Å². The monoisotopic (exact) mass is 415 g/mol. The molecule has 2 aliphatic rings. The van der Waals surface area contributed by atoms with Crippen LogP contribution in [0.15, 0.2) is 27.0 Å². The molecule has 1 fully saturated rings. The van der Waals surface area contributed by atoms with Crippen LogP contribution >= 0.6 is 15.9 Å². The number of amidine groups is 1. The predicted molar refractivity (Wildman–Crippen MR) is 102 cm³/mol. The SMILES string of the molecule is CN=C(NCC1=CC(F)=C(Br)CC1)C1CCCN1C(=O)OC(C)(C)C. The van der Waals surface area contributed by atoms with E-state index in [1.807, 2.05) is 20.8 Å². The van der Waals surface area contributed by atoms with Crippen LogP contribution in [0.5, 0.6) is 0 Å². The van der Waals surface area contributed by atoms with Crippen molar-refractivity contribution in [2.75, 3.05) is 20.1 Å². The van der Waals surface area contributed by atoms with Gasteiger partial charge in [-0.3, -0.25) is 9.89 Å². The summed E-state index contributed by atoms with van der Waals surface area (Å²) in [4.78, 5) is 18.5. The second kappa shape index (κ2) is 8.34. The quantitative estimate of drug-likeness (QED) is 0.552. The van der Waals surface area contributed by atoms with Gasteiger partial charge in [-0.15, -0.1) is 0 Å². The Kier molecular flexibility index (Phi) is 6.65. The summed E-state index contributed by atoms with van der Waals surface area (Å²) in [6.45, 7) is 6.77. The molecule has 0 aromatic rings. The highest BCUT2D eigenvalue weighted by molar-refractivity contribution is 9.11. The minimum atomic E-state index is -0.522. The molecule has 1 amide bonds. The first-order chi connectivity index (χ1) is 11.7. The zero-order valence-electron chi connectivity index (χ0n) is 15.4. The molecule has 0 saturated carbocycles. The highest BCUT2D eigenvalue weighted by Crippen LogP contribution is 2.28. The standard InChI is InChI=1S/C18H27BrFN3O2/c1-18(2,3)25-17(24)23-9-5-6-15(23)16(21-4)22-11-12-7-8-13(19)14(20)10-12/h10,15H,5-9,11H2,1-4H3,(H,21,22). The summed E-state index contributed by atoms with van der Waals surface area (Å²) in [5.74, 6) is 0.535. The average molecular weight is 416 g/mol. The van der Waals surface area contributed by atoms with Crippen LogP contribution in [0.1, 0.15) is 46.5 Å². The summed E-state index contributed by atoms with van der Waals surface area (Å²) in [7, 11) is 1.71. The van der Waals surface area contributed by atoms with Crippen LogP contribution in [0.2, 0.25) is 0 Å². The molecule has 2 rings (SSSR count). The normalized spacial score (nSPS) is 22.2. The topological polar surface area (TPSA) is 53.9 Å². The van der Waals surface area contributed by atoms with Crippen molar-refractivity contribution in [2.24, 2.45) is 4.99 Å². The van der Waals surface area contributed by atoms with Gasteiger partial charge in [-0.1, -0.05) is 15.9 Å². The van der Waals surface area contributed by atoms with Crippen molar-refractivity contribution in [3.05, 3.63) is 22.0 Å². The Hall–Kier alpha value is -1.37. The van der Waals surface area contributed by atoms with Crippen LogP contribution < -0.4 is 5.32 Å². The number of halogens is 2. The number of aliphatic imine (C=N–C) groups is 1. The zero-order valence-corrected chi connectivity index (χ0v) is 17.0. The fourth-order valence-electron chi connectivity index (χ4n) is 3.00. The number of hydrogen-bond acceptors (Lipinski definition) is 3. The fraction of sp³-hybridized carbons (Fsp3) is 0.667. The Morgan fingerprint density at radius 2 is 2.20 bits per heavy atom. The third-order valence-corrected chi connectivity index (χ3v) is 4.96. The Morgan fingerprint density at radius 1 is 1.48 bits per heavy atom. The number of allylic oxidation sites excluding steroid dienone is 3. The van der Waals surface area contributed by atoms with Crippen LogP contribution in [-0.4, -0.2) is 48.6 Å². The highest BCUT2D eigenvalue weighted by atomic mass is 79.9. The van der Waals surface area contributed by atoms with Crippen LogP contribution in [0, 0.1) is 0 Å². The molecule has 1 heterocycles. The molecule has 1 N–H and O–H groups in total. The average Bonchev–Trinajstić information content (AvgIpc) is 2.99. The number of amides is 1. The lowest BCUT2D eigenvalue weighted by molar-refractivity contribution is 0.0264. The molecular weight excluding hydrogens is 389 g/mol. The Morgan fingerprint density at radius 3 is 2.80 bits per heavy atom.